The standard InChI is InChI=1S/C33H43N3O5/c1-32(2,3)22-20-26(33(4,5)6)30(39-7)27(21-22)34-31(37)29(35-38)25-12-13-28(24-11-9-8-10-23(24)25)41-19-16-36-14-17-40-18-15-36/h8-13,20-21,38H,14-19H2,1-7H3,(H,34,37). The molecule has 8 heteroatoms. The lowest BCUT2D eigenvalue weighted by atomic mass is 9.79. The number of amides is 1. The number of carbonyl (C=O) groups excluding carboxylic acids is 1. The number of morpholine rings is 1. The Bertz CT molecular complexity index is 1410. The van der Waals surface area contributed by atoms with Crippen molar-refractivity contribution in [2.45, 2.75) is 52.4 Å². The summed E-state index contributed by atoms with van der Waals surface area (Å²) < 4.78 is 17.4. The highest BCUT2D eigenvalue weighted by molar-refractivity contribution is 6.50. The Hall–Kier alpha value is -3.62. The molecule has 1 heterocycles. The third-order valence-corrected chi connectivity index (χ3v) is 7.44. The van der Waals surface area contributed by atoms with Gasteiger partial charge < -0.3 is 24.7 Å². The summed E-state index contributed by atoms with van der Waals surface area (Å²) in [4.78, 5) is 16.0. The van der Waals surface area contributed by atoms with Crippen molar-refractivity contribution in [3.05, 3.63) is 65.2 Å². The van der Waals surface area contributed by atoms with E-state index in [0.717, 1.165) is 54.7 Å². The second-order valence-electron chi connectivity index (χ2n) is 12.5. The first-order chi connectivity index (χ1) is 19.4. The van der Waals surface area contributed by atoms with Crippen molar-refractivity contribution < 1.29 is 24.2 Å². The molecule has 0 radical (unpaired) electrons. The predicted octanol–water partition coefficient (Wildman–Crippen LogP) is 5.97. The van der Waals surface area contributed by atoms with E-state index in [1.165, 1.54) is 0 Å². The molecule has 3 aromatic rings. The summed E-state index contributed by atoms with van der Waals surface area (Å²) in [7, 11) is 1.60. The van der Waals surface area contributed by atoms with Gasteiger partial charge in [0.05, 0.1) is 26.0 Å². The first-order valence-electron chi connectivity index (χ1n) is 14.2. The van der Waals surface area contributed by atoms with E-state index >= 15 is 0 Å². The Morgan fingerprint density at radius 3 is 2.29 bits per heavy atom. The number of hydrogen-bond acceptors (Lipinski definition) is 7. The van der Waals surface area contributed by atoms with Crippen molar-refractivity contribution in [2.75, 3.05) is 51.9 Å². The molecule has 0 atom stereocenters. The minimum atomic E-state index is -0.539. The van der Waals surface area contributed by atoms with Crippen LogP contribution in [0.3, 0.4) is 0 Å². The van der Waals surface area contributed by atoms with Crippen LogP contribution in [0.4, 0.5) is 5.69 Å². The number of oxime groups is 1. The van der Waals surface area contributed by atoms with E-state index in [-0.39, 0.29) is 16.5 Å². The summed E-state index contributed by atoms with van der Waals surface area (Å²) in [6.45, 7) is 17.3. The van der Waals surface area contributed by atoms with Crippen molar-refractivity contribution in [3.63, 3.8) is 0 Å². The lowest BCUT2D eigenvalue weighted by Gasteiger charge is -2.29. The third-order valence-electron chi connectivity index (χ3n) is 7.44. The van der Waals surface area contributed by atoms with Crippen LogP contribution in [0.15, 0.2) is 53.7 Å². The summed E-state index contributed by atoms with van der Waals surface area (Å²) in [5.74, 6) is 0.762. The molecule has 0 saturated carbocycles. The molecule has 0 bridgehead atoms. The average molecular weight is 562 g/mol. The highest BCUT2D eigenvalue weighted by Gasteiger charge is 2.28. The molecule has 4 rings (SSSR count). The number of nitrogens with one attached hydrogen (secondary N) is 1. The number of nitrogens with zero attached hydrogens (tertiary/aromatic N) is 2. The number of fused-ring (bicyclic) bond motifs is 1. The van der Waals surface area contributed by atoms with Crippen LogP contribution < -0.4 is 14.8 Å². The fraction of sp³-hybridized carbons (Fsp3) is 0.455. The van der Waals surface area contributed by atoms with E-state index in [2.05, 4.69) is 63.0 Å². The molecule has 1 aliphatic heterocycles. The maximum Gasteiger partial charge on any atom is 0.278 e. The van der Waals surface area contributed by atoms with Crippen LogP contribution in [0.2, 0.25) is 0 Å². The van der Waals surface area contributed by atoms with E-state index in [4.69, 9.17) is 14.2 Å². The molecule has 0 unspecified atom stereocenters. The zero-order valence-corrected chi connectivity index (χ0v) is 25.3. The Labute approximate surface area is 243 Å². The van der Waals surface area contributed by atoms with E-state index in [1.54, 1.807) is 13.2 Å². The number of benzene rings is 3. The molecule has 41 heavy (non-hydrogen) atoms. The maximum atomic E-state index is 13.7. The van der Waals surface area contributed by atoms with E-state index in [0.29, 0.717) is 29.4 Å². The van der Waals surface area contributed by atoms with Gasteiger partial charge in [-0.1, -0.05) is 77.0 Å². The van der Waals surface area contributed by atoms with Crippen molar-refractivity contribution >= 4 is 28.1 Å². The molecular weight excluding hydrogens is 518 g/mol. The molecule has 0 aromatic heterocycles. The molecule has 3 aromatic carbocycles. The zero-order chi connectivity index (χ0) is 29.8. The Balaban J connectivity index is 1.65. The van der Waals surface area contributed by atoms with Crippen molar-refractivity contribution in [1.82, 2.24) is 4.90 Å². The molecular formula is C33H43N3O5. The third kappa shape index (κ3) is 7.00. The van der Waals surface area contributed by atoms with Crippen LogP contribution in [-0.2, 0) is 20.4 Å². The van der Waals surface area contributed by atoms with Crippen molar-refractivity contribution in [2.24, 2.45) is 5.16 Å². The lowest BCUT2D eigenvalue weighted by molar-refractivity contribution is -0.110. The van der Waals surface area contributed by atoms with Crippen LogP contribution in [0.1, 0.15) is 58.2 Å². The Morgan fingerprint density at radius 1 is 1.00 bits per heavy atom. The van der Waals surface area contributed by atoms with Gasteiger partial charge in [-0.3, -0.25) is 9.69 Å². The number of hydrogen-bond donors (Lipinski definition) is 2. The maximum absolute atomic E-state index is 13.7. The average Bonchev–Trinajstić information content (AvgIpc) is 2.93. The predicted molar refractivity (Wildman–Crippen MR) is 164 cm³/mol. The van der Waals surface area contributed by atoms with Gasteiger partial charge in [-0.25, -0.2) is 0 Å². The first kappa shape index (κ1) is 30.3. The molecule has 2 N–H and O–H groups in total. The second-order valence-corrected chi connectivity index (χ2v) is 12.5. The second kappa shape index (κ2) is 12.5. The normalized spacial score (nSPS) is 15.1. The van der Waals surface area contributed by atoms with Crippen molar-refractivity contribution in [1.29, 1.82) is 0 Å². The molecule has 0 aliphatic carbocycles. The minimum absolute atomic E-state index is 0.0957. The van der Waals surface area contributed by atoms with Gasteiger partial charge in [-0.2, -0.15) is 0 Å². The number of carbonyl (C=O) groups is 1. The fourth-order valence-electron chi connectivity index (χ4n) is 5.05. The molecule has 8 nitrogen and oxygen atoms in total. The SMILES string of the molecule is COc1c(NC(=O)C(=NO)c2ccc(OCCN3CCOCC3)c3ccccc23)cc(C(C)(C)C)cc1C(C)(C)C. The smallest absolute Gasteiger partial charge is 0.278 e. The van der Waals surface area contributed by atoms with Crippen molar-refractivity contribution in [3.8, 4) is 11.5 Å². The van der Waals surface area contributed by atoms with Crippen LogP contribution in [0.25, 0.3) is 10.8 Å². The number of ether oxygens (including phenoxy) is 3. The van der Waals surface area contributed by atoms with Crippen LogP contribution >= 0.6 is 0 Å². The lowest BCUT2D eigenvalue weighted by Crippen LogP contribution is -2.38. The number of rotatable bonds is 8. The minimum Gasteiger partial charge on any atom is -0.494 e. The van der Waals surface area contributed by atoms with E-state index in [1.807, 2.05) is 36.4 Å². The van der Waals surface area contributed by atoms with Gasteiger partial charge in [0, 0.05) is 36.1 Å². The van der Waals surface area contributed by atoms with Gasteiger partial charge >= 0.3 is 0 Å². The summed E-state index contributed by atoms with van der Waals surface area (Å²) in [5, 5.41) is 18.1. The summed E-state index contributed by atoms with van der Waals surface area (Å²) >= 11 is 0. The monoisotopic (exact) mass is 561 g/mol. The molecule has 220 valence electrons. The van der Waals surface area contributed by atoms with Gasteiger partial charge in [-0.15, -0.1) is 0 Å². The number of anilines is 1. The highest BCUT2D eigenvalue weighted by Crippen LogP contribution is 2.41. The van der Waals surface area contributed by atoms with Gasteiger partial charge in [0.25, 0.3) is 5.91 Å². The van der Waals surface area contributed by atoms with Crippen LogP contribution in [0.5, 0.6) is 11.5 Å². The first-order valence-corrected chi connectivity index (χ1v) is 14.2. The van der Waals surface area contributed by atoms with E-state index < -0.39 is 5.91 Å². The summed E-state index contributed by atoms with van der Waals surface area (Å²) in [5.41, 5.74) is 2.59. The van der Waals surface area contributed by atoms with E-state index in [9.17, 15) is 10.0 Å². The van der Waals surface area contributed by atoms with Gasteiger partial charge in [-0.05, 0) is 40.0 Å². The Kier molecular flexibility index (Phi) is 9.24. The quantitative estimate of drug-likeness (QED) is 0.200. The molecule has 1 amide bonds. The van der Waals surface area contributed by atoms with Gasteiger partial charge in [0.2, 0.25) is 0 Å². The molecule has 1 aliphatic rings. The summed E-state index contributed by atoms with van der Waals surface area (Å²) in [6.07, 6.45) is 0. The Morgan fingerprint density at radius 2 is 1.68 bits per heavy atom. The fourth-order valence-corrected chi connectivity index (χ4v) is 5.05. The van der Waals surface area contributed by atoms with Gasteiger partial charge in [0.1, 0.15) is 18.1 Å². The van der Waals surface area contributed by atoms with Crippen LogP contribution in [-0.4, -0.2) is 68.3 Å². The molecule has 0 spiro atoms. The molecule has 1 saturated heterocycles. The topological polar surface area (TPSA) is 92.6 Å². The number of methoxy groups -OCH3 is 1. The largest absolute Gasteiger partial charge is 0.494 e. The molecule has 1 fully saturated rings. The summed E-state index contributed by atoms with van der Waals surface area (Å²) in [6, 6.07) is 15.3. The van der Waals surface area contributed by atoms with Crippen LogP contribution in [0, 0.1) is 0 Å². The zero-order valence-electron chi connectivity index (χ0n) is 25.3. The van der Waals surface area contributed by atoms with Gasteiger partial charge in [0.15, 0.2) is 5.71 Å². The highest BCUT2D eigenvalue weighted by atomic mass is 16.5.